The molecule has 1 atom stereocenters. The van der Waals surface area contributed by atoms with Crippen LogP contribution in [-0.4, -0.2) is 41.6 Å². The van der Waals surface area contributed by atoms with Gasteiger partial charge in [0, 0.05) is 11.3 Å². The van der Waals surface area contributed by atoms with Gasteiger partial charge in [-0.05, 0) is 39.5 Å². The van der Waals surface area contributed by atoms with Crippen molar-refractivity contribution in [3.8, 4) is 0 Å². The van der Waals surface area contributed by atoms with E-state index >= 15 is 0 Å². The molecule has 0 spiro atoms. The van der Waals surface area contributed by atoms with Crippen molar-refractivity contribution in [3.05, 3.63) is 57.5 Å². The summed E-state index contributed by atoms with van der Waals surface area (Å²) in [6.45, 7) is 2.64. The van der Waals surface area contributed by atoms with E-state index in [0.29, 0.717) is 11.3 Å². The molecule has 0 fully saturated rings. The Hall–Kier alpha value is -2.34. The number of hydrogen-bond acceptors (Lipinski definition) is 3. The topological polar surface area (TPSA) is 81.0 Å². The fourth-order valence-corrected chi connectivity index (χ4v) is 2.49. The van der Waals surface area contributed by atoms with Crippen LogP contribution in [0.15, 0.2) is 35.1 Å². The summed E-state index contributed by atoms with van der Waals surface area (Å²) in [5.74, 6) is -0.147. The Balaban J connectivity index is 2.07. The molecule has 0 bridgehead atoms. The molecule has 0 aliphatic carbocycles. The highest BCUT2D eigenvalue weighted by Gasteiger charge is 2.17. The first-order chi connectivity index (χ1) is 11.0. The van der Waals surface area contributed by atoms with Gasteiger partial charge in [-0.15, -0.1) is 0 Å². The number of carbonyl (C=O) groups is 1. The van der Waals surface area contributed by atoms with Crippen molar-refractivity contribution in [2.24, 2.45) is 0 Å². The summed E-state index contributed by atoms with van der Waals surface area (Å²) in [5, 5.41) is 8.29. The van der Waals surface area contributed by atoms with Crippen LogP contribution in [0.2, 0.25) is 0 Å². The summed E-state index contributed by atoms with van der Waals surface area (Å²) in [5.41, 5.74) is 2.03. The van der Waals surface area contributed by atoms with Crippen molar-refractivity contribution in [1.82, 2.24) is 20.4 Å². The summed E-state index contributed by atoms with van der Waals surface area (Å²) in [6, 6.07) is 9.83. The van der Waals surface area contributed by atoms with E-state index in [2.05, 4.69) is 20.4 Å². The predicted molar refractivity (Wildman–Crippen MR) is 90.4 cm³/mol. The van der Waals surface area contributed by atoms with Crippen LogP contribution in [-0.2, 0) is 11.2 Å². The molecule has 2 aromatic rings. The summed E-state index contributed by atoms with van der Waals surface area (Å²) in [7, 11) is 4.01. The Labute approximate surface area is 135 Å². The quantitative estimate of drug-likeness (QED) is 0.721. The average molecular weight is 316 g/mol. The second-order valence-electron chi connectivity index (χ2n) is 5.98. The van der Waals surface area contributed by atoms with E-state index in [4.69, 9.17) is 0 Å². The molecule has 0 aliphatic rings. The lowest BCUT2D eigenvalue weighted by molar-refractivity contribution is -0.121. The van der Waals surface area contributed by atoms with E-state index in [9.17, 15) is 9.59 Å². The Morgan fingerprint density at radius 2 is 1.91 bits per heavy atom. The maximum absolute atomic E-state index is 12.4. The number of H-pyrrole nitrogens is 2. The molecular formula is C17H24N4O2. The molecule has 1 heterocycles. The van der Waals surface area contributed by atoms with Gasteiger partial charge in [0.1, 0.15) is 0 Å². The summed E-state index contributed by atoms with van der Waals surface area (Å²) >= 11 is 0. The Morgan fingerprint density at radius 1 is 1.22 bits per heavy atom. The van der Waals surface area contributed by atoms with Crippen molar-refractivity contribution >= 4 is 5.91 Å². The van der Waals surface area contributed by atoms with Gasteiger partial charge in [0.2, 0.25) is 5.91 Å². The van der Waals surface area contributed by atoms with Crippen LogP contribution in [0.3, 0.4) is 0 Å². The first-order valence-corrected chi connectivity index (χ1v) is 7.72. The molecule has 1 unspecified atom stereocenters. The Kier molecular flexibility index (Phi) is 5.76. The third-order valence-corrected chi connectivity index (χ3v) is 3.83. The number of nitrogens with zero attached hydrogens (tertiary/aromatic N) is 1. The van der Waals surface area contributed by atoms with Crippen molar-refractivity contribution in [2.75, 3.05) is 20.6 Å². The molecule has 0 radical (unpaired) electrons. The molecule has 1 amide bonds. The Morgan fingerprint density at radius 3 is 2.48 bits per heavy atom. The number of hydrogen-bond donors (Lipinski definition) is 3. The van der Waals surface area contributed by atoms with Gasteiger partial charge in [-0.1, -0.05) is 30.3 Å². The third kappa shape index (κ3) is 4.82. The second kappa shape index (κ2) is 7.78. The SMILES string of the molecule is Cc1[nH][nH]c(=O)c1CC(=O)NC(CCN(C)C)c1ccccc1. The van der Waals surface area contributed by atoms with E-state index in [1.165, 1.54) is 0 Å². The number of carbonyl (C=O) groups excluding carboxylic acids is 1. The van der Waals surface area contributed by atoms with Crippen molar-refractivity contribution in [2.45, 2.75) is 25.8 Å². The Bertz CT molecular complexity index is 688. The van der Waals surface area contributed by atoms with Crippen LogP contribution in [0, 0.1) is 6.92 Å². The zero-order chi connectivity index (χ0) is 16.8. The molecule has 0 aliphatic heterocycles. The van der Waals surface area contributed by atoms with E-state index in [1.807, 2.05) is 44.4 Å². The fraction of sp³-hybridized carbons (Fsp3) is 0.412. The second-order valence-corrected chi connectivity index (χ2v) is 5.98. The van der Waals surface area contributed by atoms with Crippen LogP contribution in [0.1, 0.15) is 29.3 Å². The van der Waals surface area contributed by atoms with Gasteiger partial charge in [-0.2, -0.15) is 0 Å². The highest BCUT2D eigenvalue weighted by atomic mass is 16.2. The lowest BCUT2D eigenvalue weighted by Crippen LogP contribution is -2.33. The molecule has 2 rings (SSSR count). The summed E-state index contributed by atoms with van der Waals surface area (Å²) in [6.07, 6.45) is 0.890. The van der Waals surface area contributed by atoms with Gasteiger partial charge >= 0.3 is 0 Å². The van der Waals surface area contributed by atoms with E-state index in [1.54, 1.807) is 6.92 Å². The van der Waals surface area contributed by atoms with Crippen LogP contribution in [0.5, 0.6) is 0 Å². The standard InChI is InChI=1S/C17H24N4O2/c1-12-14(17(23)20-19-12)11-16(22)18-15(9-10-21(2)3)13-7-5-4-6-8-13/h4-8,15H,9-11H2,1-3H3,(H,18,22)(H2,19,20,23). The molecule has 1 aromatic carbocycles. The van der Waals surface area contributed by atoms with Gasteiger partial charge in [0.05, 0.1) is 12.5 Å². The first kappa shape index (κ1) is 17.0. The molecule has 0 saturated heterocycles. The number of aryl methyl sites for hydroxylation is 1. The number of benzene rings is 1. The van der Waals surface area contributed by atoms with Gasteiger partial charge in [-0.25, -0.2) is 0 Å². The smallest absolute Gasteiger partial charge is 0.267 e. The van der Waals surface area contributed by atoms with E-state index in [0.717, 1.165) is 18.5 Å². The van der Waals surface area contributed by atoms with Crippen LogP contribution >= 0.6 is 0 Å². The minimum Gasteiger partial charge on any atom is -0.349 e. The maximum atomic E-state index is 12.4. The zero-order valence-corrected chi connectivity index (χ0v) is 13.8. The van der Waals surface area contributed by atoms with Crippen LogP contribution in [0.25, 0.3) is 0 Å². The van der Waals surface area contributed by atoms with Crippen molar-refractivity contribution in [1.29, 1.82) is 0 Å². The molecule has 6 nitrogen and oxygen atoms in total. The molecule has 23 heavy (non-hydrogen) atoms. The largest absolute Gasteiger partial charge is 0.349 e. The van der Waals surface area contributed by atoms with Crippen LogP contribution < -0.4 is 10.9 Å². The molecule has 3 N–H and O–H groups in total. The van der Waals surface area contributed by atoms with Gasteiger partial charge in [-0.3, -0.25) is 14.7 Å². The lowest BCUT2D eigenvalue weighted by Gasteiger charge is -2.21. The van der Waals surface area contributed by atoms with E-state index in [-0.39, 0.29) is 23.9 Å². The first-order valence-electron chi connectivity index (χ1n) is 7.72. The molecule has 124 valence electrons. The number of nitrogens with one attached hydrogen (secondary N) is 3. The highest BCUT2D eigenvalue weighted by molar-refractivity contribution is 5.79. The van der Waals surface area contributed by atoms with Gasteiger partial charge in [0.15, 0.2) is 0 Å². The van der Waals surface area contributed by atoms with Crippen LogP contribution in [0.4, 0.5) is 0 Å². The third-order valence-electron chi connectivity index (χ3n) is 3.83. The highest BCUT2D eigenvalue weighted by Crippen LogP contribution is 2.17. The zero-order valence-electron chi connectivity index (χ0n) is 13.8. The van der Waals surface area contributed by atoms with Gasteiger partial charge < -0.3 is 15.3 Å². The minimum atomic E-state index is -0.234. The average Bonchev–Trinajstić information content (AvgIpc) is 2.84. The minimum absolute atomic E-state index is 0.0653. The lowest BCUT2D eigenvalue weighted by atomic mass is 10.0. The maximum Gasteiger partial charge on any atom is 0.267 e. The summed E-state index contributed by atoms with van der Waals surface area (Å²) < 4.78 is 0. The number of aromatic amines is 2. The van der Waals surface area contributed by atoms with Crippen molar-refractivity contribution < 1.29 is 4.79 Å². The van der Waals surface area contributed by atoms with Gasteiger partial charge in [0.25, 0.3) is 5.56 Å². The van der Waals surface area contributed by atoms with Crippen molar-refractivity contribution in [3.63, 3.8) is 0 Å². The molecule has 1 aromatic heterocycles. The number of aromatic nitrogens is 2. The van der Waals surface area contributed by atoms with E-state index < -0.39 is 0 Å². The number of amides is 1. The monoisotopic (exact) mass is 316 g/mol. The molecular weight excluding hydrogens is 292 g/mol. The summed E-state index contributed by atoms with van der Waals surface area (Å²) in [4.78, 5) is 26.1. The molecule has 6 heteroatoms. The normalized spacial score (nSPS) is 12.3. The molecule has 0 saturated carbocycles. The fourth-order valence-electron chi connectivity index (χ4n) is 2.49. The number of rotatable bonds is 7. The predicted octanol–water partition coefficient (Wildman–Crippen LogP) is 1.36.